The summed E-state index contributed by atoms with van der Waals surface area (Å²) in [7, 11) is 0. The molecule has 0 aromatic heterocycles. The number of hydrogen-bond acceptors (Lipinski definition) is 2. The second kappa shape index (κ2) is 6.00. The van der Waals surface area contributed by atoms with Gasteiger partial charge in [-0.05, 0) is 35.6 Å². The van der Waals surface area contributed by atoms with Crippen LogP contribution in [0.1, 0.15) is 34.3 Å². The van der Waals surface area contributed by atoms with Crippen LogP contribution in [0.5, 0.6) is 0 Å². The minimum atomic E-state index is -0.00530. The quantitative estimate of drug-likeness (QED) is 0.903. The third-order valence-electron chi connectivity index (χ3n) is 4.02. The summed E-state index contributed by atoms with van der Waals surface area (Å²) >= 11 is 0. The molecule has 2 aromatic rings. The van der Waals surface area contributed by atoms with Gasteiger partial charge in [0.15, 0.2) is 0 Å². The van der Waals surface area contributed by atoms with Crippen LogP contribution in [-0.4, -0.2) is 19.0 Å². The van der Waals surface area contributed by atoms with Gasteiger partial charge in [-0.1, -0.05) is 43.3 Å². The molecule has 3 rings (SSSR count). The Balaban J connectivity index is 1.62. The molecule has 0 radical (unpaired) electrons. The molecule has 0 saturated heterocycles. The van der Waals surface area contributed by atoms with Crippen molar-refractivity contribution in [3.8, 4) is 0 Å². The molecule has 1 aliphatic rings. The second-order valence-corrected chi connectivity index (χ2v) is 5.57. The summed E-state index contributed by atoms with van der Waals surface area (Å²) in [4.78, 5) is 12.2. The number of benzene rings is 2. The van der Waals surface area contributed by atoms with E-state index >= 15 is 0 Å². The molecule has 0 bridgehead atoms. The van der Waals surface area contributed by atoms with Gasteiger partial charge in [-0.2, -0.15) is 0 Å². The molecule has 3 heteroatoms. The lowest BCUT2D eigenvalue weighted by Crippen LogP contribution is -2.27. The summed E-state index contributed by atoms with van der Waals surface area (Å²) in [6, 6.07) is 16.2. The van der Waals surface area contributed by atoms with E-state index in [1.807, 2.05) is 36.4 Å². The first-order valence-electron chi connectivity index (χ1n) is 7.44. The Bertz CT molecular complexity index is 637. The smallest absolute Gasteiger partial charge is 0.251 e. The SMILES string of the molecule is CC(CNC(=O)c1ccc2c(c1)NCC2)c1ccccc1. The lowest BCUT2D eigenvalue weighted by molar-refractivity contribution is 0.0951. The first kappa shape index (κ1) is 13.7. The molecule has 0 aliphatic carbocycles. The Morgan fingerprint density at radius 1 is 1.24 bits per heavy atom. The van der Waals surface area contributed by atoms with E-state index in [1.54, 1.807) is 0 Å². The van der Waals surface area contributed by atoms with Gasteiger partial charge in [0.05, 0.1) is 0 Å². The normalized spacial score (nSPS) is 14.1. The molecule has 1 unspecified atom stereocenters. The van der Waals surface area contributed by atoms with Crippen LogP contribution in [0.2, 0.25) is 0 Å². The summed E-state index contributed by atoms with van der Waals surface area (Å²) in [6.45, 7) is 3.73. The lowest BCUT2D eigenvalue weighted by atomic mass is 10.0. The van der Waals surface area contributed by atoms with E-state index in [9.17, 15) is 4.79 Å². The van der Waals surface area contributed by atoms with Gasteiger partial charge in [-0.3, -0.25) is 4.79 Å². The molecule has 1 amide bonds. The summed E-state index contributed by atoms with van der Waals surface area (Å²) in [5.74, 6) is 0.303. The van der Waals surface area contributed by atoms with Gasteiger partial charge in [-0.15, -0.1) is 0 Å². The van der Waals surface area contributed by atoms with Crippen LogP contribution in [0.4, 0.5) is 5.69 Å². The zero-order valence-corrected chi connectivity index (χ0v) is 12.2. The molecule has 2 aromatic carbocycles. The van der Waals surface area contributed by atoms with Gasteiger partial charge in [-0.25, -0.2) is 0 Å². The maximum absolute atomic E-state index is 12.2. The van der Waals surface area contributed by atoms with Crippen molar-refractivity contribution in [2.75, 3.05) is 18.4 Å². The molecule has 108 valence electrons. The van der Waals surface area contributed by atoms with Crippen LogP contribution in [0.25, 0.3) is 0 Å². The molecule has 1 aliphatic heterocycles. The molecular weight excluding hydrogens is 260 g/mol. The van der Waals surface area contributed by atoms with Crippen molar-refractivity contribution in [2.45, 2.75) is 19.3 Å². The lowest BCUT2D eigenvalue weighted by Gasteiger charge is -2.13. The maximum Gasteiger partial charge on any atom is 0.251 e. The van der Waals surface area contributed by atoms with Gasteiger partial charge in [0.2, 0.25) is 0 Å². The molecular formula is C18H20N2O. The highest BCUT2D eigenvalue weighted by molar-refractivity contribution is 5.95. The highest BCUT2D eigenvalue weighted by Gasteiger charge is 2.14. The molecule has 0 spiro atoms. The zero-order valence-electron chi connectivity index (χ0n) is 12.2. The first-order chi connectivity index (χ1) is 10.2. The van der Waals surface area contributed by atoms with E-state index < -0.39 is 0 Å². The highest BCUT2D eigenvalue weighted by atomic mass is 16.1. The van der Waals surface area contributed by atoms with Crippen molar-refractivity contribution in [3.63, 3.8) is 0 Å². The highest BCUT2D eigenvalue weighted by Crippen LogP contribution is 2.23. The van der Waals surface area contributed by atoms with Gasteiger partial charge >= 0.3 is 0 Å². The number of nitrogens with one attached hydrogen (secondary N) is 2. The molecule has 0 saturated carbocycles. The summed E-state index contributed by atoms with van der Waals surface area (Å²) < 4.78 is 0. The van der Waals surface area contributed by atoms with Gasteiger partial charge < -0.3 is 10.6 Å². The summed E-state index contributed by atoms with van der Waals surface area (Å²) in [5.41, 5.74) is 4.36. The fourth-order valence-electron chi connectivity index (χ4n) is 2.68. The summed E-state index contributed by atoms with van der Waals surface area (Å²) in [5, 5.41) is 6.33. The van der Waals surface area contributed by atoms with Crippen molar-refractivity contribution in [2.24, 2.45) is 0 Å². The fourth-order valence-corrected chi connectivity index (χ4v) is 2.68. The topological polar surface area (TPSA) is 41.1 Å². The minimum absolute atomic E-state index is 0.00530. The molecule has 2 N–H and O–H groups in total. The van der Waals surface area contributed by atoms with E-state index in [-0.39, 0.29) is 5.91 Å². The van der Waals surface area contributed by atoms with Crippen LogP contribution in [-0.2, 0) is 6.42 Å². The Labute approximate surface area is 125 Å². The molecule has 1 atom stereocenters. The van der Waals surface area contributed by atoms with E-state index in [4.69, 9.17) is 0 Å². The molecule has 3 nitrogen and oxygen atoms in total. The van der Waals surface area contributed by atoms with E-state index in [2.05, 4.69) is 29.7 Å². The van der Waals surface area contributed by atoms with Crippen LogP contribution >= 0.6 is 0 Å². The molecule has 0 fully saturated rings. The predicted octanol–water partition coefficient (Wildman–Crippen LogP) is 3.19. The monoisotopic (exact) mass is 280 g/mol. The van der Waals surface area contributed by atoms with Crippen molar-refractivity contribution < 1.29 is 4.79 Å². The number of rotatable bonds is 4. The molecule has 21 heavy (non-hydrogen) atoms. The van der Waals surface area contributed by atoms with Gasteiger partial charge in [0.25, 0.3) is 5.91 Å². The van der Waals surface area contributed by atoms with E-state index in [1.165, 1.54) is 11.1 Å². The average molecular weight is 280 g/mol. The predicted molar refractivity (Wildman–Crippen MR) is 85.8 cm³/mol. The minimum Gasteiger partial charge on any atom is -0.384 e. The Morgan fingerprint density at radius 3 is 2.86 bits per heavy atom. The number of fused-ring (bicyclic) bond motifs is 1. The average Bonchev–Trinajstić information content (AvgIpc) is 3.00. The largest absolute Gasteiger partial charge is 0.384 e. The van der Waals surface area contributed by atoms with Gasteiger partial charge in [0, 0.05) is 24.3 Å². The zero-order chi connectivity index (χ0) is 14.7. The third kappa shape index (κ3) is 3.07. The number of carbonyl (C=O) groups is 1. The second-order valence-electron chi connectivity index (χ2n) is 5.57. The van der Waals surface area contributed by atoms with Crippen molar-refractivity contribution >= 4 is 11.6 Å². The van der Waals surface area contributed by atoms with Crippen LogP contribution in [0.3, 0.4) is 0 Å². The summed E-state index contributed by atoms with van der Waals surface area (Å²) in [6.07, 6.45) is 1.04. The van der Waals surface area contributed by atoms with Crippen LogP contribution in [0.15, 0.2) is 48.5 Å². The number of amides is 1. The Kier molecular flexibility index (Phi) is 3.91. The standard InChI is InChI=1S/C18H20N2O/c1-13(14-5-3-2-4-6-14)12-20-18(21)16-8-7-15-9-10-19-17(15)11-16/h2-8,11,13,19H,9-10,12H2,1H3,(H,20,21). The van der Waals surface area contributed by atoms with Crippen LogP contribution in [0, 0.1) is 0 Å². The van der Waals surface area contributed by atoms with Crippen molar-refractivity contribution in [3.05, 3.63) is 65.2 Å². The van der Waals surface area contributed by atoms with Crippen molar-refractivity contribution in [1.82, 2.24) is 5.32 Å². The number of anilines is 1. The number of hydrogen-bond donors (Lipinski definition) is 2. The van der Waals surface area contributed by atoms with Gasteiger partial charge in [0.1, 0.15) is 0 Å². The van der Waals surface area contributed by atoms with Crippen molar-refractivity contribution in [1.29, 1.82) is 0 Å². The molecule has 1 heterocycles. The van der Waals surface area contributed by atoms with E-state index in [0.717, 1.165) is 24.2 Å². The Morgan fingerprint density at radius 2 is 2.05 bits per heavy atom. The number of carbonyl (C=O) groups excluding carboxylic acids is 1. The third-order valence-corrected chi connectivity index (χ3v) is 4.02. The first-order valence-corrected chi connectivity index (χ1v) is 7.44. The fraction of sp³-hybridized carbons (Fsp3) is 0.278. The van der Waals surface area contributed by atoms with E-state index in [0.29, 0.717) is 12.5 Å². The maximum atomic E-state index is 12.2. The Hall–Kier alpha value is -2.29. The van der Waals surface area contributed by atoms with Crippen LogP contribution < -0.4 is 10.6 Å².